The highest BCUT2D eigenvalue weighted by molar-refractivity contribution is 4.98. The average molecular weight is 287 g/mol. The van der Waals surface area contributed by atoms with Crippen molar-refractivity contribution in [2.24, 2.45) is 17.8 Å². The maximum absolute atomic E-state index is 10.7. The van der Waals surface area contributed by atoms with Gasteiger partial charge in [-0.05, 0) is 38.8 Å². The lowest BCUT2D eigenvalue weighted by atomic mass is 9.75. The number of nitrogens with zero attached hydrogens (tertiary/aromatic N) is 1. The van der Waals surface area contributed by atoms with Crippen molar-refractivity contribution in [3.8, 4) is 0 Å². The van der Waals surface area contributed by atoms with Crippen LogP contribution < -0.4 is 0 Å². The Morgan fingerprint density at radius 2 is 1.65 bits per heavy atom. The fourth-order valence-corrected chi connectivity index (χ4v) is 3.45. The molecule has 1 aliphatic rings. The summed E-state index contributed by atoms with van der Waals surface area (Å²) in [6.45, 7) is 10.7. The summed E-state index contributed by atoms with van der Waals surface area (Å²) in [5.74, 6) is 1.34. The summed E-state index contributed by atoms with van der Waals surface area (Å²) in [4.78, 5) is 1.91. The van der Waals surface area contributed by atoms with Gasteiger partial charge in [-0.3, -0.25) is 0 Å². The van der Waals surface area contributed by atoms with E-state index in [0.29, 0.717) is 17.8 Å². The largest absolute Gasteiger partial charge is 0.389 e. The van der Waals surface area contributed by atoms with E-state index in [2.05, 4.69) is 27.7 Å². The van der Waals surface area contributed by atoms with Gasteiger partial charge in [-0.2, -0.15) is 0 Å². The van der Waals surface area contributed by atoms with Gasteiger partial charge in [0.05, 0.1) is 30.5 Å². The Morgan fingerprint density at radius 1 is 1.10 bits per heavy atom. The Hall–Kier alpha value is -0.160. The first kappa shape index (κ1) is 17.9. The minimum atomic E-state index is -0.651. The van der Waals surface area contributed by atoms with Gasteiger partial charge in [-0.15, -0.1) is 0 Å². The number of hydrogen-bond donors (Lipinski definition) is 2. The number of rotatable bonds is 5. The van der Waals surface area contributed by atoms with Crippen LogP contribution in [0.2, 0.25) is 0 Å². The minimum Gasteiger partial charge on any atom is -0.389 e. The average Bonchev–Trinajstić information content (AvgIpc) is 2.35. The molecule has 0 spiro atoms. The molecule has 0 aromatic heterocycles. The van der Waals surface area contributed by atoms with Crippen LogP contribution in [0.1, 0.15) is 41.0 Å². The molecule has 20 heavy (non-hydrogen) atoms. The molecule has 120 valence electrons. The molecule has 4 heteroatoms. The summed E-state index contributed by atoms with van der Waals surface area (Å²) < 4.78 is 5.99. The maximum atomic E-state index is 10.7. The van der Waals surface area contributed by atoms with Crippen molar-refractivity contribution in [3.05, 3.63) is 0 Å². The van der Waals surface area contributed by atoms with Crippen molar-refractivity contribution >= 4 is 0 Å². The lowest BCUT2D eigenvalue weighted by molar-refractivity contribution is -0.216. The number of aliphatic hydroxyl groups excluding tert-OH is 2. The molecule has 7 atom stereocenters. The Labute approximate surface area is 124 Å². The molecule has 1 fully saturated rings. The van der Waals surface area contributed by atoms with E-state index in [0.717, 1.165) is 6.42 Å². The lowest BCUT2D eigenvalue weighted by Crippen LogP contribution is -2.63. The van der Waals surface area contributed by atoms with Crippen LogP contribution in [0, 0.1) is 17.8 Å². The van der Waals surface area contributed by atoms with Gasteiger partial charge in [0, 0.05) is 0 Å². The number of hydrogen-bond acceptors (Lipinski definition) is 4. The van der Waals surface area contributed by atoms with E-state index >= 15 is 0 Å². The molecule has 0 saturated carbocycles. The van der Waals surface area contributed by atoms with Crippen molar-refractivity contribution in [2.75, 3.05) is 14.1 Å². The molecule has 0 amide bonds. The molecular weight excluding hydrogens is 254 g/mol. The molecular formula is C16H33NO3. The van der Waals surface area contributed by atoms with Crippen LogP contribution in [0.3, 0.4) is 0 Å². The van der Waals surface area contributed by atoms with E-state index in [-0.39, 0.29) is 18.2 Å². The molecule has 1 saturated heterocycles. The fourth-order valence-electron chi connectivity index (χ4n) is 3.45. The summed E-state index contributed by atoms with van der Waals surface area (Å²) in [5, 5.41) is 21.0. The smallest absolute Gasteiger partial charge is 0.0985 e. The molecule has 0 aliphatic carbocycles. The monoisotopic (exact) mass is 287 g/mol. The van der Waals surface area contributed by atoms with Crippen LogP contribution >= 0.6 is 0 Å². The molecule has 0 radical (unpaired) electrons. The molecule has 0 bridgehead atoms. The number of likely N-dealkylation sites (N-methyl/N-ethyl adjacent to an activating group) is 1. The van der Waals surface area contributed by atoms with Gasteiger partial charge in [0.2, 0.25) is 0 Å². The minimum absolute atomic E-state index is 0.205. The van der Waals surface area contributed by atoms with Crippen LogP contribution in [0.4, 0.5) is 0 Å². The Bertz CT molecular complexity index is 295. The van der Waals surface area contributed by atoms with Crippen molar-refractivity contribution in [3.63, 3.8) is 0 Å². The topological polar surface area (TPSA) is 52.9 Å². The zero-order chi connectivity index (χ0) is 15.6. The summed E-state index contributed by atoms with van der Waals surface area (Å²) in [5.41, 5.74) is 0. The van der Waals surface area contributed by atoms with Crippen molar-refractivity contribution in [1.82, 2.24) is 4.90 Å². The quantitative estimate of drug-likeness (QED) is 0.809. The summed E-state index contributed by atoms with van der Waals surface area (Å²) in [6.07, 6.45) is -0.776. The highest BCUT2D eigenvalue weighted by atomic mass is 16.5. The Kier molecular flexibility index (Phi) is 6.45. The Balaban J connectivity index is 2.98. The van der Waals surface area contributed by atoms with E-state index in [4.69, 9.17) is 4.74 Å². The van der Waals surface area contributed by atoms with Crippen molar-refractivity contribution in [2.45, 2.75) is 71.5 Å². The van der Waals surface area contributed by atoms with Crippen molar-refractivity contribution < 1.29 is 14.9 Å². The first-order valence-electron chi connectivity index (χ1n) is 7.90. The third kappa shape index (κ3) is 3.53. The highest BCUT2D eigenvalue weighted by Crippen LogP contribution is 2.35. The van der Waals surface area contributed by atoms with E-state index in [9.17, 15) is 10.2 Å². The summed E-state index contributed by atoms with van der Waals surface area (Å²) in [6, 6.07) is -0.267. The summed E-state index contributed by atoms with van der Waals surface area (Å²) >= 11 is 0. The van der Waals surface area contributed by atoms with Crippen LogP contribution in [0.5, 0.6) is 0 Å². The van der Waals surface area contributed by atoms with Crippen LogP contribution in [-0.4, -0.2) is 59.7 Å². The van der Waals surface area contributed by atoms with Crippen LogP contribution in [0.15, 0.2) is 0 Å². The van der Waals surface area contributed by atoms with Gasteiger partial charge in [-0.25, -0.2) is 0 Å². The number of aliphatic hydroxyl groups is 2. The molecule has 4 nitrogen and oxygen atoms in total. The zero-order valence-corrected chi connectivity index (χ0v) is 14.1. The molecule has 7 unspecified atom stereocenters. The standard InChI is InChI=1S/C16H33NO3/c1-8-12(10(4)9(2)3)16-15(19)13(17(6)7)14(18)11(5)20-16/h9-16,18-19H,8H2,1-7H3. The zero-order valence-electron chi connectivity index (χ0n) is 14.1. The van der Waals surface area contributed by atoms with E-state index in [1.54, 1.807) is 0 Å². The maximum Gasteiger partial charge on any atom is 0.0985 e. The van der Waals surface area contributed by atoms with E-state index in [1.165, 1.54) is 0 Å². The normalized spacial score (nSPS) is 38.2. The van der Waals surface area contributed by atoms with Crippen LogP contribution in [0.25, 0.3) is 0 Å². The second-order valence-electron chi connectivity index (χ2n) is 6.92. The van der Waals surface area contributed by atoms with Gasteiger partial charge in [0.1, 0.15) is 0 Å². The molecule has 1 aliphatic heterocycles. The third-order valence-corrected chi connectivity index (χ3v) is 5.11. The second-order valence-corrected chi connectivity index (χ2v) is 6.92. The summed E-state index contributed by atoms with van der Waals surface area (Å²) in [7, 11) is 3.80. The van der Waals surface area contributed by atoms with Gasteiger partial charge in [0.15, 0.2) is 0 Å². The van der Waals surface area contributed by atoms with Gasteiger partial charge >= 0.3 is 0 Å². The first-order chi connectivity index (χ1) is 9.22. The Morgan fingerprint density at radius 3 is 2.05 bits per heavy atom. The fraction of sp³-hybridized carbons (Fsp3) is 1.00. The van der Waals surface area contributed by atoms with Gasteiger partial charge in [-0.1, -0.05) is 34.1 Å². The lowest BCUT2D eigenvalue weighted by Gasteiger charge is -2.48. The molecule has 0 aromatic carbocycles. The predicted octanol–water partition coefficient (Wildman–Crippen LogP) is 1.74. The van der Waals surface area contributed by atoms with Gasteiger partial charge in [0.25, 0.3) is 0 Å². The van der Waals surface area contributed by atoms with E-state index < -0.39 is 12.2 Å². The van der Waals surface area contributed by atoms with E-state index in [1.807, 2.05) is 25.9 Å². The van der Waals surface area contributed by atoms with Crippen molar-refractivity contribution in [1.29, 1.82) is 0 Å². The second kappa shape index (κ2) is 7.21. The molecule has 1 rings (SSSR count). The molecule has 2 N–H and O–H groups in total. The number of ether oxygens (including phenoxy) is 1. The molecule has 1 heterocycles. The molecule has 0 aromatic rings. The highest BCUT2D eigenvalue weighted by Gasteiger charge is 2.47. The van der Waals surface area contributed by atoms with Crippen LogP contribution in [-0.2, 0) is 4.74 Å². The SMILES string of the molecule is CCC(C(C)C(C)C)C1OC(C)C(O)C(N(C)C)C1O. The van der Waals surface area contributed by atoms with Gasteiger partial charge < -0.3 is 19.8 Å². The first-order valence-corrected chi connectivity index (χ1v) is 7.90. The third-order valence-electron chi connectivity index (χ3n) is 5.11. The predicted molar refractivity (Wildman–Crippen MR) is 81.6 cm³/mol.